The number of hydrogen-bond acceptors (Lipinski definition) is 2. The van der Waals surface area contributed by atoms with Gasteiger partial charge in [0.05, 0.1) is 0 Å². The van der Waals surface area contributed by atoms with E-state index in [0.29, 0.717) is 11.3 Å². The molecule has 3 aromatic rings. The maximum absolute atomic E-state index is 12.9. The number of aryl methyl sites for hydroxylation is 2. The molecule has 0 fully saturated rings. The average molecular weight is 370 g/mol. The van der Waals surface area contributed by atoms with Crippen LogP contribution in [0, 0.1) is 13.8 Å². The zero-order chi connectivity index (χ0) is 19.9. The lowest BCUT2D eigenvalue weighted by Gasteiger charge is -2.12. The Morgan fingerprint density at radius 2 is 1.50 bits per heavy atom. The highest BCUT2D eigenvalue weighted by Crippen LogP contribution is 2.13. The summed E-state index contributed by atoms with van der Waals surface area (Å²) in [6.45, 7) is 3.91. The van der Waals surface area contributed by atoms with Gasteiger partial charge in [-0.15, -0.1) is 0 Å². The number of rotatable bonds is 5. The van der Waals surface area contributed by atoms with Gasteiger partial charge in [0, 0.05) is 11.3 Å². The Hall–Kier alpha value is -3.66. The maximum atomic E-state index is 12.9. The number of carbonyl (C=O) groups is 2. The molecule has 4 heteroatoms. The van der Waals surface area contributed by atoms with E-state index in [1.54, 1.807) is 18.2 Å². The van der Waals surface area contributed by atoms with Gasteiger partial charge in [-0.3, -0.25) is 9.59 Å². The predicted molar refractivity (Wildman–Crippen MR) is 113 cm³/mol. The first-order valence-electron chi connectivity index (χ1n) is 9.04. The Labute approximate surface area is 164 Å². The van der Waals surface area contributed by atoms with Crippen LogP contribution in [0.2, 0.25) is 0 Å². The van der Waals surface area contributed by atoms with E-state index >= 15 is 0 Å². The van der Waals surface area contributed by atoms with Gasteiger partial charge in [0.25, 0.3) is 11.8 Å². The quantitative estimate of drug-likeness (QED) is 0.639. The first-order valence-corrected chi connectivity index (χ1v) is 9.04. The number of hydrogen-bond donors (Lipinski definition) is 2. The van der Waals surface area contributed by atoms with Crippen molar-refractivity contribution in [2.75, 3.05) is 5.32 Å². The van der Waals surface area contributed by atoms with Crippen LogP contribution in [-0.2, 0) is 4.79 Å². The highest BCUT2D eigenvalue weighted by Gasteiger charge is 2.15. The van der Waals surface area contributed by atoms with Crippen LogP contribution in [0.15, 0.2) is 84.6 Å². The maximum Gasteiger partial charge on any atom is 0.272 e. The van der Waals surface area contributed by atoms with Crippen LogP contribution in [-0.4, -0.2) is 11.8 Å². The molecule has 0 bridgehead atoms. The molecule has 28 heavy (non-hydrogen) atoms. The molecule has 2 amide bonds. The van der Waals surface area contributed by atoms with Gasteiger partial charge >= 0.3 is 0 Å². The Morgan fingerprint density at radius 1 is 0.786 bits per heavy atom. The van der Waals surface area contributed by atoms with Gasteiger partial charge in [-0.05, 0) is 55.3 Å². The Kier molecular flexibility index (Phi) is 6.02. The Morgan fingerprint density at radius 3 is 2.18 bits per heavy atom. The molecule has 3 rings (SSSR count). The molecule has 2 N–H and O–H groups in total. The zero-order valence-corrected chi connectivity index (χ0v) is 15.9. The van der Waals surface area contributed by atoms with E-state index in [-0.39, 0.29) is 17.5 Å². The van der Waals surface area contributed by atoms with Crippen molar-refractivity contribution < 1.29 is 9.59 Å². The number of nitrogens with one attached hydrogen (secondary N) is 2. The van der Waals surface area contributed by atoms with E-state index in [1.165, 1.54) is 0 Å². The number of anilines is 1. The van der Waals surface area contributed by atoms with Crippen LogP contribution in [0.4, 0.5) is 5.69 Å². The smallest absolute Gasteiger partial charge is 0.272 e. The molecule has 0 atom stereocenters. The van der Waals surface area contributed by atoms with E-state index in [4.69, 9.17) is 0 Å². The van der Waals surface area contributed by atoms with E-state index < -0.39 is 0 Å². The van der Waals surface area contributed by atoms with Gasteiger partial charge in [-0.1, -0.05) is 60.2 Å². The number of carbonyl (C=O) groups excluding carboxylic acids is 2. The summed E-state index contributed by atoms with van der Waals surface area (Å²) in [5.41, 5.74) is 4.27. The van der Waals surface area contributed by atoms with Crippen molar-refractivity contribution in [2.24, 2.45) is 0 Å². The van der Waals surface area contributed by atoms with Crippen molar-refractivity contribution in [1.82, 2.24) is 5.32 Å². The Bertz CT molecular complexity index is 1010. The van der Waals surface area contributed by atoms with E-state index in [2.05, 4.69) is 10.6 Å². The molecule has 0 aliphatic heterocycles. The van der Waals surface area contributed by atoms with Crippen LogP contribution >= 0.6 is 0 Å². The lowest BCUT2D eigenvalue weighted by Crippen LogP contribution is -2.30. The minimum absolute atomic E-state index is 0.179. The first-order chi connectivity index (χ1) is 13.5. The molecule has 0 aromatic heterocycles. The van der Waals surface area contributed by atoms with E-state index in [1.807, 2.05) is 80.6 Å². The van der Waals surface area contributed by atoms with Crippen molar-refractivity contribution >= 4 is 23.6 Å². The molecule has 140 valence electrons. The third-order valence-corrected chi connectivity index (χ3v) is 4.19. The van der Waals surface area contributed by atoms with Crippen molar-refractivity contribution in [3.05, 3.63) is 107 Å². The van der Waals surface area contributed by atoms with Gasteiger partial charge in [-0.2, -0.15) is 0 Å². The molecular weight excluding hydrogens is 348 g/mol. The minimum atomic E-state index is -0.380. The number of benzene rings is 3. The van der Waals surface area contributed by atoms with Gasteiger partial charge < -0.3 is 10.6 Å². The zero-order valence-electron chi connectivity index (χ0n) is 15.9. The highest BCUT2D eigenvalue weighted by atomic mass is 16.2. The van der Waals surface area contributed by atoms with Crippen LogP contribution in [0.3, 0.4) is 0 Å². The van der Waals surface area contributed by atoms with Crippen LogP contribution in [0.5, 0.6) is 0 Å². The fourth-order valence-corrected chi connectivity index (χ4v) is 2.69. The molecule has 0 heterocycles. The molecule has 0 saturated carbocycles. The molecule has 0 aliphatic carbocycles. The molecule has 0 aliphatic rings. The molecule has 0 spiro atoms. The van der Waals surface area contributed by atoms with Crippen molar-refractivity contribution in [3.8, 4) is 0 Å². The van der Waals surface area contributed by atoms with Crippen molar-refractivity contribution in [1.29, 1.82) is 0 Å². The second-order valence-electron chi connectivity index (χ2n) is 6.61. The summed E-state index contributed by atoms with van der Waals surface area (Å²) in [5, 5.41) is 5.59. The molecule has 4 nitrogen and oxygen atoms in total. The summed E-state index contributed by atoms with van der Waals surface area (Å²) in [6, 6.07) is 24.1. The lowest BCUT2D eigenvalue weighted by molar-refractivity contribution is -0.113. The van der Waals surface area contributed by atoms with Crippen LogP contribution in [0.25, 0.3) is 6.08 Å². The van der Waals surface area contributed by atoms with Gasteiger partial charge in [0.15, 0.2) is 0 Å². The second-order valence-corrected chi connectivity index (χ2v) is 6.61. The SMILES string of the molecule is Cc1ccc(C(=O)N/C(=C/c2ccccc2)C(=O)Nc2cccc(C)c2)cc1. The van der Waals surface area contributed by atoms with Crippen LogP contribution < -0.4 is 10.6 Å². The fourth-order valence-electron chi connectivity index (χ4n) is 2.69. The average Bonchev–Trinajstić information content (AvgIpc) is 2.68. The third kappa shape index (κ3) is 5.17. The molecular formula is C24H22N2O2. The molecule has 0 radical (unpaired) electrons. The fraction of sp³-hybridized carbons (Fsp3) is 0.0833. The largest absolute Gasteiger partial charge is 0.321 e. The first kappa shape index (κ1) is 19.1. The Balaban J connectivity index is 1.86. The number of amides is 2. The highest BCUT2D eigenvalue weighted by molar-refractivity contribution is 6.10. The molecule has 3 aromatic carbocycles. The van der Waals surface area contributed by atoms with E-state index in [0.717, 1.165) is 16.7 Å². The summed E-state index contributed by atoms with van der Waals surface area (Å²) < 4.78 is 0. The van der Waals surface area contributed by atoms with Crippen LogP contribution in [0.1, 0.15) is 27.0 Å². The monoisotopic (exact) mass is 370 g/mol. The normalized spacial score (nSPS) is 11.0. The minimum Gasteiger partial charge on any atom is -0.321 e. The third-order valence-electron chi connectivity index (χ3n) is 4.19. The molecule has 0 saturated heterocycles. The summed E-state index contributed by atoms with van der Waals surface area (Å²) in [7, 11) is 0. The second kappa shape index (κ2) is 8.82. The molecule has 0 unspecified atom stereocenters. The van der Waals surface area contributed by atoms with Gasteiger partial charge in [0.2, 0.25) is 0 Å². The van der Waals surface area contributed by atoms with Crippen molar-refractivity contribution in [3.63, 3.8) is 0 Å². The van der Waals surface area contributed by atoms with E-state index in [9.17, 15) is 9.59 Å². The van der Waals surface area contributed by atoms with Gasteiger partial charge in [0.1, 0.15) is 5.70 Å². The summed E-state index contributed by atoms with van der Waals surface area (Å²) in [4.78, 5) is 25.5. The van der Waals surface area contributed by atoms with Gasteiger partial charge in [-0.25, -0.2) is 0 Å². The predicted octanol–water partition coefficient (Wildman–Crippen LogP) is 4.71. The summed E-state index contributed by atoms with van der Waals surface area (Å²) in [5.74, 6) is -0.712. The standard InChI is InChI=1S/C24H22N2O2/c1-17-11-13-20(14-12-17)23(27)26-22(16-19-8-4-3-5-9-19)24(28)25-21-10-6-7-18(2)15-21/h3-16H,1-2H3,(H,25,28)(H,26,27)/b22-16+. The summed E-state index contributed by atoms with van der Waals surface area (Å²) in [6.07, 6.45) is 1.66. The topological polar surface area (TPSA) is 58.2 Å². The van der Waals surface area contributed by atoms with Crippen molar-refractivity contribution in [2.45, 2.75) is 13.8 Å². The summed E-state index contributed by atoms with van der Waals surface area (Å²) >= 11 is 0. The lowest BCUT2D eigenvalue weighted by atomic mass is 10.1.